The van der Waals surface area contributed by atoms with E-state index in [1.165, 1.54) is 12.1 Å². The van der Waals surface area contributed by atoms with Crippen LogP contribution in [-0.2, 0) is 12.8 Å². The van der Waals surface area contributed by atoms with Crippen LogP contribution in [0.25, 0.3) is 11.1 Å². The Morgan fingerprint density at radius 1 is 0.606 bits per heavy atom. The molecule has 5 nitrogen and oxygen atoms in total. The van der Waals surface area contributed by atoms with Gasteiger partial charge in [-0.15, -0.1) is 0 Å². The molecule has 0 atom stereocenters. The molecule has 4 aromatic rings. The molecule has 0 radical (unpaired) electrons. The SMILES string of the molecule is O=Cc1cc(Cc2cc(Cc3ccc(O)c(C=O)c3)c(O)c(-c3ccccc3)c2)ccc1O. The van der Waals surface area contributed by atoms with Gasteiger partial charge in [-0.2, -0.15) is 0 Å². The fraction of sp³-hybridized carbons (Fsp3) is 0.0714. The van der Waals surface area contributed by atoms with Gasteiger partial charge in [-0.25, -0.2) is 0 Å². The normalized spacial score (nSPS) is 10.7. The molecule has 0 fully saturated rings. The van der Waals surface area contributed by atoms with E-state index in [1.807, 2.05) is 42.5 Å². The summed E-state index contributed by atoms with van der Waals surface area (Å²) in [5.41, 5.74) is 5.15. The van der Waals surface area contributed by atoms with Crippen molar-refractivity contribution in [2.24, 2.45) is 0 Å². The van der Waals surface area contributed by atoms with Crippen molar-refractivity contribution in [3.05, 3.63) is 112 Å². The fourth-order valence-corrected chi connectivity index (χ4v) is 3.91. The molecule has 0 aromatic heterocycles. The van der Waals surface area contributed by atoms with Gasteiger partial charge in [0.25, 0.3) is 0 Å². The summed E-state index contributed by atoms with van der Waals surface area (Å²) < 4.78 is 0. The van der Waals surface area contributed by atoms with Crippen LogP contribution in [0.1, 0.15) is 43.0 Å². The molecule has 0 aliphatic heterocycles. The van der Waals surface area contributed by atoms with Crippen molar-refractivity contribution in [2.75, 3.05) is 0 Å². The summed E-state index contributed by atoms with van der Waals surface area (Å²) in [5, 5.41) is 30.7. The fourth-order valence-electron chi connectivity index (χ4n) is 3.91. The number of phenols is 3. The molecule has 4 rings (SSSR count). The van der Waals surface area contributed by atoms with Crippen LogP contribution in [0.4, 0.5) is 0 Å². The summed E-state index contributed by atoms with van der Waals surface area (Å²) in [6, 6.07) is 23.0. The van der Waals surface area contributed by atoms with Crippen molar-refractivity contribution < 1.29 is 24.9 Å². The maximum Gasteiger partial charge on any atom is 0.153 e. The largest absolute Gasteiger partial charge is 0.507 e. The second-order valence-electron chi connectivity index (χ2n) is 7.89. The summed E-state index contributed by atoms with van der Waals surface area (Å²) >= 11 is 0. The number of rotatable bonds is 7. The number of carbonyl (C=O) groups excluding carboxylic acids is 2. The van der Waals surface area contributed by atoms with Crippen molar-refractivity contribution in [3.63, 3.8) is 0 Å². The van der Waals surface area contributed by atoms with Crippen LogP contribution in [0.2, 0.25) is 0 Å². The molecule has 0 bridgehead atoms. The molecule has 0 amide bonds. The molecule has 0 unspecified atom stereocenters. The van der Waals surface area contributed by atoms with Gasteiger partial charge in [0.15, 0.2) is 12.6 Å². The van der Waals surface area contributed by atoms with Gasteiger partial charge in [0.1, 0.15) is 17.2 Å². The van der Waals surface area contributed by atoms with Gasteiger partial charge in [-0.3, -0.25) is 9.59 Å². The zero-order valence-corrected chi connectivity index (χ0v) is 17.7. The summed E-state index contributed by atoms with van der Waals surface area (Å²) in [7, 11) is 0. The van der Waals surface area contributed by atoms with Gasteiger partial charge in [0.05, 0.1) is 11.1 Å². The maximum atomic E-state index is 11.2. The third-order valence-corrected chi connectivity index (χ3v) is 5.57. The topological polar surface area (TPSA) is 94.8 Å². The van der Waals surface area contributed by atoms with Crippen molar-refractivity contribution in [1.29, 1.82) is 0 Å². The molecule has 0 saturated heterocycles. The number of phenolic OH excluding ortho intramolecular Hbond substituents is 3. The second-order valence-corrected chi connectivity index (χ2v) is 7.89. The monoisotopic (exact) mass is 438 g/mol. The molecular weight excluding hydrogens is 416 g/mol. The Hall–Kier alpha value is -4.38. The van der Waals surface area contributed by atoms with Crippen molar-refractivity contribution >= 4 is 12.6 Å². The summed E-state index contributed by atoms with van der Waals surface area (Å²) in [4.78, 5) is 22.4. The summed E-state index contributed by atoms with van der Waals surface area (Å²) in [6.07, 6.45) is 2.06. The predicted molar refractivity (Wildman–Crippen MR) is 126 cm³/mol. The molecular formula is C28H22O5. The first kappa shape index (κ1) is 21.8. The Morgan fingerprint density at radius 3 is 1.76 bits per heavy atom. The van der Waals surface area contributed by atoms with Gasteiger partial charge in [0, 0.05) is 12.0 Å². The molecule has 4 aromatic carbocycles. The van der Waals surface area contributed by atoms with Crippen molar-refractivity contribution in [1.82, 2.24) is 0 Å². The van der Waals surface area contributed by atoms with E-state index in [2.05, 4.69) is 0 Å². The Kier molecular flexibility index (Phi) is 6.22. The van der Waals surface area contributed by atoms with Crippen LogP contribution < -0.4 is 0 Å². The van der Waals surface area contributed by atoms with Crippen molar-refractivity contribution in [2.45, 2.75) is 12.8 Å². The molecule has 0 aliphatic carbocycles. The minimum Gasteiger partial charge on any atom is -0.507 e. The van der Waals surface area contributed by atoms with Crippen molar-refractivity contribution in [3.8, 4) is 28.4 Å². The number of hydrogen-bond donors (Lipinski definition) is 3. The van der Waals surface area contributed by atoms with Crippen LogP contribution in [0.3, 0.4) is 0 Å². The Balaban J connectivity index is 1.78. The van der Waals surface area contributed by atoms with E-state index in [0.717, 1.165) is 22.3 Å². The minimum atomic E-state index is -0.0880. The van der Waals surface area contributed by atoms with Gasteiger partial charge in [0.2, 0.25) is 0 Å². The van der Waals surface area contributed by atoms with E-state index in [-0.39, 0.29) is 28.4 Å². The minimum absolute atomic E-state index is 0.0663. The summed E-state index contributed by atoms with van der Waals surface area (Å²) in [6.45, 7) is 0. The van der Waals surface area contributed by atoms with Crippen LogP contribution in [0.15, 0.2) is 78.9 Å². The summed E-state index contributed by atoms with van der Waals surface area (Å²) in [5.74, 6) is -0.0107. The van der Waals surface area contributed by atoms with Crippen LogP contribution in [0.5, 0.6) is 17.2 Å². The van der Waals surface area contributed by atoms with Crippen LogP contribution in [-0.4, -0.2) is 27.9 Å². The molecule has 164 valence electrons. The predicted octanol–water partition coefficient (Wildman–Crippen LogP) is 5.28. The molecule has 0 spiro atoms. The van der Waals surface area contributed by atoms with E-state index >= 15 is 0 Å². The Bertz CT molecular complexity index is 1330. The molecule has 0 heterocycles. The third-order valence-electron chi connectivity index (χ3n) is 5.57. The molecule has 33 heavy (non-hydrogen) atoms. The van der Waals surface area contributed by atoms with E-state index < -0.39 is 0 Å². The average molecular weight is 438 g/mol. The van der Waals surface area contributed by atoms with Gasteiger partial charge < -0.3 is 15.3 Å². The lowest BCUT2D eigenvalue weighted by Gasteiger charge is -2.15. The maximum absolute atomic E-state index is 11.2. The second kappa shape index (κ2) is 9.40. The highest BCUT2D eigenvalue weighted by Crippen LogP contribution is 2.36. The van der Waals surface area contributed by atoms with E-state index in [1.54, 1.807) is 24.3 Å². The zero-order chi connectivity index (χ0) is 23.4. The van der Waals surface area contributed by atoms with Gasteiger partial charge >= 0.3 is 0 Å². The number of aldehydes is 2. The molecule has 0 saturated carbocycles. The lowest BCUT2D eigenvalue weighted by molar-refractivity contribution is 0.111. The van der Waals surface area contributed by atoms with Gasteiger partial charge in [-0.05, 0) is 64.6 Å². The standard InChI is InChI=1S/C28H22O5/c29-16-23-12-18(6-8-26(23)31)10-20-14-22(11-19-7-9-27(32)24(13-19)17-30)28(33)25(15-20)21-4-2-1-3-5-21/h1-9,12-17,31-33H,10-11H2. The third kappa shape index (κ3) is 4.77. The number of benzene rings is 4. The van der Waals surface area contributed by atoms with Crippen LogP contribution >= 0.6 is 0 Å². The highest BCUT2D eigenvalue weighted by Gasteiger charge is 2.14. The molecule has 0 aliphatic rings. The molecule has 5 heteroatoms. The highest BCUT2D eigenvalue weighted by atomic mass is 16.3. The first-order valence-electron chi connectivity index (χ1n) is 10.4. The first-order valence-corrected chi connectivity index (χ1v) is 10.4. The number of hydrogen-bond acceptors (Lipinski definition) is 5. The smallest absolute Gasteiger partial charge is 0.153 e. The molecule has 3 N–H and O–H groups in total. The van der Waals surface area contributed by atoms with Crippen LogP contribution in [0, 0.1) is 0 Å². The average Bonchev–Trinajstić information content (AvgIpc) is 2.84. The van der Waals surface area contributed by atoms with Gasteiger partial charge in [-0.1, -0.05) is 48.5 Å². The lowest BCUT2D eigenvalue weighted by atomic mass is 9.92. The first-order chi connectivity index (χ1) is 16.0. The zero-order valence-electron chi connectivity index (χ0n) is 17.7. The Morgan fingerprint density at radius 2 is 1.18 bits per heavy atom. The quantitative estimate of drug-likeness (QED) is 0.341. The number of carbonyl (C=O) groups is 2. The lowest BCUT2D eigenvalue weighted by Crippen LogP contribution is -1.97. The van der Waals surface area contributed by atoms with E-state index in [4.69, 9.17) is 0 Å². The van der Waals surface area contributed by atoms with E-state index in [0.29, 0.717) is 36.5 Å². The highest BCUT2D eigenvalue weighted by molar-refractivity contribution is 5.80. The van der Waals surface area contributed by atoms with E-state index in [9.17, 15) is 24.9 Å². The number of aromatic hydroxyl groups is 3. The Labute approximate surface area is 191 Å².